The van der Waals surface area contributed by atoms with Gasteiger partial charge in [0.2, 0.25) is 0 Å². The molecule has 13 nitrogen and oxygen atoms in total. The van der Waals surface area contributed by atoms with Gasteiger partial charge in [-0.1, -0.05) is 27.7 Å². The Hall–Kier alpha value is -0.520. The second-order valence-electron chi connectivity index (χ2n) is 21.0. The molecule has 3 saturated heterocycles. The van der Waals surface area contributed by atoms with Crippen LogP contribution in [0.5, 0.6) is 0 Å². The molecule has 8 fully saturated rings. The molecule has 0 aromatic carbocycles. The van der Waals surface area contributed by atoms with Crippen LogP contribution in [0.2, 0.25) is 0 Å². The van der Waals surface area contributed by atoms with Crippen LogP contribution >= 0.6 is 0 Å². The molecular formula is C41H68O13. The third-order valence-electron chi connectivity index (χ3n) is 17.6. The maximum absolute atomic E-state index is 12.2. The first-order chi connectivity index (χ1) is 25.0. The van der Waals surface area contributed by atoms with Crippen molar-refractivity contribution >= 4 is 0 Å². The monoisotopic (exact) mass is 768 g/mol. The molecule has 5 aliphatic carbocycles. The summed E-state index contributed by atoms with van der Waals surface area (Å²) in [6.07, 6.45) is -5.87. The third kappa shape index (κ3) is 5.43. The quantitative estimate of drug-likeness (QED) is 0.182. The van der Waals surface area contributed by atoms with Crippen molar-refractivity contribution in [3.63, 3.8) is 0 Å². The highest BCUT2D eigenvalue weighted by Crippen LogP contribution is 2.89. The third-order valence-corrected chi connectivity index (χ3v) is 17.6. The zero-order valence-electron chi connectivity index (χ0n) is 33.4. The second-order valence-corrected chi connectivity index (χ2v) is 21.0. The first-order valence-electron chi connectivity index (χ1n) is 20.7. The topological polar surface area (TPSA) is 208 Å². The predicted octanol–water partition coefficient (Wildman–Crippen LogP) is 1.75. The van der Waals surface area contributed by atoms with Crippen LogP contribution in [-0.2, 0) is 23.7 Å². The lowest BCUT2D eigenvalue weighted by molar-refractivity contribution is -0.335. The van der Waals surface area contributed by atoms with Crippen molar-refractivity contribution in [1.82, 2.24) is 0 Å². The van der Waals surface area contributed by atoms with E-state index in [9.17, 15) is 40.9 Å². The van der Waals surface area contributed by atoms with Gasteiger partial charge < -0.3 is 64.5 Å². The predicted molar refractivity (Wildman–Crippen MR) is 192 cm³/mol. The molecule has 8 rings (SSSR count). The Balaban J connectivity index is 1.15. The molecule has 0 aromatic heterocycles. The van der Waals surface area contributed by atoms with E-state index in [-0.39, 0.29) is 52.1 Å². The molecule has 0 amide bonds. The van der Waals surface area contributed by atoms with Crippen LogP contribution in [-0.4, -0.2) is 138 Å². The number of ether oxygens (including phenoxy) is 5. The molecular weight excluding hydrogens is 700 g/mol. The van der Waals surface area contributed by atoms with E-state index in [2.05, 4.69) is 34.6 Å². The maximum atomic E-state index is 12.2. The number of aliphatic hydroxyl groups is 8. The number of fused-ring (bicyclic) bond motifs is 2. The molecule has 310 valence electrons. The first kappa shape index (κ1) is 40.3. The van der Waals surface area contributed by atoms with Crippen molar-refractivity contribution in [1.29, 1.82) is 0 Å². The number of hydrogen-bond acceptors (Lipinski definition) is 13. The van der Waals surface area contributed by atoms with E-state index in [1.165, 1.54) is 0 Å². The molecule has 3 aliphatic heterocycles. The Morgan fingerprint density at radius 1 is 0.685 bits per heavy atom. The highest BCUT2D eigenvalue weighted by Gasteiger charge is 2.85. The highest BCUT2D eigenvalue weighted by molar-refractivity contribution is 5.33. The van der Waals surface area contributed by atoms with E-state index in [1.807, 2.05) is 0 Å². The Labute approximate surface area is 319 Å². The molecule has 0 aromatic rings. The lowest BCUT2D eigenvalue weighted by Crippen LogP contribution is -2.65. The molecule has 13 heteroatoms. The summed E-state index contributed by atoms with van der Waals surface area (Å²) in [5.41, 5.74) is -2.90. The minimum absolute atomic E-state index is 0.0219. The van der Waals surface area contributed by atoms with Crippen molar-refractivity contribution in [2.24, 2.45) is 44.8 Å². The van der Waals surface area contributed by atoms with Crippen LogP contribution < -0.4 is 0 Å². The van der Waals surface area contributed by atoms with E-state index < -0.39 is 90.2 Å². The maximum Gasteiger partial charge on any atom is 0.186 e. The normalized spacial score (nSPS) is 59.6. The zero-order chi connectivity index (χ0) is 39.3. The Bertz CT molecular complexity index is 1440. The fourth-order valence-corrected chi connectivity index (χ4v) is 14.8. The van der Waals surface area contributed by atoms with Crippen LogP contribution in [0.25, 0.3) is 0 Å². The SMILES string of the molecule is C[C@@H]1O[C@H](O[C@H]2C[C@@H]3[C@]4(CC[C@]5(C)[C@@H]([C@@]6(C)CC[C@@H](C(C)(C)O)O6)[C@@H](O)C[C@@]35C)C[C@@]43CC[C@H](O[C@@H]4OC[C@@H](O)[C@H](O)[C@H]4O)C(C)(C)[C@@H]23)[C@@H](O)[C@H](O)[C@H]1O. The molecule has 0 unspecified atom stereocenters. The molecule has 2 spiro atoms. The molecule has 21 atom stereocenters. The van der Waals surface area contributed by atoms with Crippen LogP contribution in [0, 0.1) is 44.8 Å². The summed E-state index contributed by atoms with van der Waals surface area (Å²) in [5, 5.41) is 87.1. The largest absolute Gasteiger partial charge is 0.393 e. The van der Waals surface area contributed by atoms with Gasteiger partial charge in [-0.3, -0.25) is 0 Å². The van der Waals surface area contributed by atoms with E-state index >= 15 is 0 Å². The summed E-state index contributed by atoms with van der Waals surface area (Å²) in [6, 6.07) is 0. The Kier molecular flexibility index (Phi) is 9.50. The van der Waals surface area contributed by atoms with Gasteiger partial charge in [0.15, 0.2) is 12.6 Å². The van der Waals surface area contributed by atoms with Gasteiger partial charge >= 0.3 is 0 Å². The van der Waals surface area contributed by atoms with Gasteiger partial charge in [-0.25, -0.2) is 0 Å². The molecule has 8 N–H and O–H groups in total. The van der Waals surface area contributed by atoms with Gasteiger partial charge in [-0.2, -0.15) is 0 Å². The second kappa shape index (κ2) is 12.7. The smallest absolute Gasteiger partial charge is 0.186 e. The average molecular weight is 769 g/mol. The van der Waals surface area contributed by atoms with E-state index in [0.717, 1.165) is 38.5 Å². The molecule has 8 aliphatic rings. The standard InChI is InChI=1S/C41H68O13/c1-19-26(44)28(46)30(48)34(51-19)52-22-15-23-38(7)16-20(42)31(39(8)11-9-25(54-39)36(4,5)49)37(38,6)13-14-40(23)18-41(40)12-10-24(35(2,3)32(22)41)53-33-29(47)27(45)21(43)17-50-33/h19-34,42-49H,9-18H2,1-8H3/t19-,20-,21+,22-,23-,24-,25-,26-,27-,28+,29+,30-,31-,32+,33-,34+,37+,38-,39+,40-,41+/m0/s1. The zero-order valence-corrected chi connectivity index (χ0v) is 33.4. The molecule has 5 saturated carbocycles. The summed E-state index contributed by atoms with van der Waals surface area (Å²) in [4.78, 5) is 0. The van der Waals surface area contributed by atoms with Gasteiger partial charge in [0.05, 0.1) is 48.3 Å². The average Bonchev–Trinajstić information content (AvgIpc) is 3.45. The lowest BCUT2D eigenvalue weighted by Gasteiger charge is -2.65. The minimum Gasteiger partial charge on any atom is -0.393 e. The van der Waals surface area contributed by atoms with E-state index in [1.54, 1.807) is 20.8 Å². The van der Waals surface area contributed by atoms with Crippen LogP contribution in [0.3, 0.4) is 0 Å². The van der Waals surface area contributed by atoms with Crippen molar-refractivity contribution in [2.75, 3.05) is 6.61 Å². The van der Waals surface area contributed by atoms with Gasteiger partial charge in [0, 0.05) is 5.92 Å². The van der Waals surface area contributed by atoms with Crippen molar-refractivity contribution in [3.05, 3.63) is 0 Å². The van der Waals surface area contributed by atoms with Crippen LogP contribution in [0.1, 0.15) is 113 Å². The summed E-state index contributed by atoms with van der Waals surface area (Å²) in [6.45, 7) is 16.3. The van der Waals surface area contributed by atoms with Crippen molar-refractivity contribution in [3.8, 4) is 0 Å². The summed E-state index contributed by atoms with van der Waals surface area (Å²) in [5.74, 6) is -0.0738. The van der Waals surface area contributed by atoms with Crippen molar-refractivity contribution < 1.29 is 64.5 Å². The molecule has 0 radical (unpaired) electrons. The van der Waals surface area contributed by atoms with E-state index in [0.29, 0.717) is 19.3 Å². The Morgan fingerprint density at radius 3 is 2.04 bits per heavy atom. The minimum atomic E-state index is -1.47. The van der Waals surface area contributed by atoms with Gasteiger partial charge in [-0.05, 0) is 124 Å². The number of aliphatic hydroxyl groups excluding tert-OH is 7. The molecule has 3 heterocycles. The number of hydrogen-bond donors (Lipinski definition) is 8. The summed E-state index contributed by atoms with van der Waals surface area (Å²) in [7, 11) is 0. The fourth-order valence-electron chi connectivity index (χ4n) is 14.8. The lowest BCUT2D eigenvalue weighted by atomic mass is 9.41. The van der Waals surface area contributed by atoms with Gasteiger partial charge in [-0.15, -0.1) is 0 Å². The molecule has 54 heavy (non-hydrogen) atoms. The summed E-state index contributed by atoms with van der Waals surface area (Å²) >= 11 is 0. The summed E-state index contributed by atoms with van der Waals surface area (Å²) < 4.78 is 32.1. The fraction of sp³-hybridized carbons (Fsp3) is 1.00. The highest BCUT2D eigenvalue weighted by atomic mass is 16.7. The van der Waals surface area contributed by atoms with Gasteiger partial charge in [0.25, 0.3) is 0 Å². The molecule has 0 bridgehead atoms. The van der Waals surface area contributed by atoms with Crippen LogP contribution in [0.15, 0.2) is 0 Å². The van der Waals surface area contributed by atoms with Gasteiger partial charge in [0.1, 0.15) is 36.6 Å². The van der Waals surface area contributed by atoms with E-state index in [4.69, 9.17) is 23.7 Å². The van der Waals surface area contributed by atoms with Crippen LogP contribution in [0.4, 0.5) is 0 Å². The number of rotatable bonds is 6. The first-order valence-corrected chi connectivity index (χ1v) is 20.7. The van der Waals surface area contributed by atoms with Crippen molar-refractivity contribution in [2.45, 2.75) is 204 Å². The Morgan fingerprint density at radius 2 is 1.37 bits per heavy atom.